The molecule has 2 heterocycles. The zero-order chi connectivity index (χ0) is 24.1. The third kappa shape index (κ3) is 9.56. The minimum absolute atomic E-state index is 0.0118. The summed E-state index contributed by atoms with van der Waals surface area (Å²) < 4.78 is 22.5. The van der Waals surface area contributed by atoms with Crippen molar-refractivity contribution in [1.29, 1.82) is 0 Å². The number of hydrogen-bond acceptors (Lipinski definition) is 9. The summed E-state index contributed by atoms with van der Waals surface area (Å²) in [5, 5.41) is 22.7. The van der Waals surface area contributed by atoms with Crippen LogP contribution < -0.4 is 10.2 Å². The lowest BCUT2D eigenvalue weighted by Gasteiger charge is -2.41. The van der Waals surface area contributed by atoms with Gasteiger partial charge in [0.25, 0.3) is 0 Å². The highest BCUT2D eigenvalue weighted by Gasteiger charge is 2.40. The fraction of sp³-hybridized carbons (Fsp3) is 0.708. The maximum absolute atomic E-state index is 10.1. The second-order valence-corrected chi connectivity index (χ2v) is 8.44. The van der Waals surface area contributed by atoms with E-state index >= 15 is 0 Å². The number of anilines is 1. The predicted molar refractivity (Wildman–Crippen MR) is 127 cm³/mol. The molecule has 1 aliphatic heterocycles. The molecule has 9 heteroatoms. The van der Waals surface area contributed by atoms with Gasteiger partial charge in [-0.05, 0) is 18.1 Å². The van der Waals surface area contributed by atoms with Crippen molar-refractivity contribution in [3.63, 3.8) is 0 Å². The maximum atomic E-state index is 10.1. The summed E-state index contributed by atoms with van der Waals surface area (Å²) in [4.78, 5) is 6.20. The summed E-state index contributed by atoms with van der Waals surface area (Å²) in [5.41, 5.74) is 2.12. The van der Waals surface area contributed by atoms with Crippen LogP contribution in [0.1, 0.15) is 20.3 Å². The highest BCUT2D eigenvalue weighted by Crippen LogP contribution is 2.31. The predicted octanol–water partition coefficient (Wildman–Crippen LogP) is 1.41. The van der Waals surface area contributed by atoms with E-state index in [1.807, 2.05) is 26.0 Å². The van der Waals surface area contributed by atoms with Crippen molar-refractivity contribution in [1.82, 2.24) is 10.3 Å². The van der Waals surface area contributed by atoms with Gasteiger partial charge in [-0.25, -0.2) is 0 Å². The first-order valence-electron chi connectivity index (χ1n) is 11.7. The van der Waals surface area contributed by atoms with E-state index in [-0.39, 0.29) is 18.4 Å². The molecular formula is C24H41N3O6. The van der Waals surface area contributed by atoms with Crippen LogP contribution in [0.25, 0.3) is 0 Å². The van der Waals surface area contributed by atoms with Gasteiger partial charge in [-0.1, -0.05) is 20.4 Å². The molecule has 33 heavy (non-hydrogen) atoms. The van der Waals surface area contributed by atoms with Crippen LogP contribution in [0.4, 0.5) is 5.69 Å². The molecule has 5 atom stereocenters. The van der Waals surface area contributed by atoms with Crippen LogP contribution >= 0.6 is 0 Å². The second kappa shape index (κ2) is 15.2. The number of rotatable bonds is 16. The normalized spacial score (nSPS) is 25.1. The minimum Gasteiger partial charge on any atom is -0.394 e. The van der Waals surface area contributed by atoms with Gasteiger partial charge in [-0.3, -0.25) is 4.98 Å². The van der Waals surface area contributed by atoms with Gasteiger partial charge >= 0.3 is 0 Å². The van der Waals surface area contributed by atoms with Crippen molar-refractivity contribution >= 4 is 5.69 Å². The Balaban J connectivity index is 1.43. The molecule has 9 nitrogen and oxygen atoms in total. The zero-order valence-electron chi connectivity index (χ0n) is 20.2. The van der Waals surface area contributed by atoms with Crippen LogP contribution in [0, 0.1) is 11.8 Å². The summed E-state index contributed by atoms with van der Waals surface area (Å²) in [6.07, 6.45) is 2.68. The number of hydrogen-bond donors (Lipinski definition) is 3. The molecule has 0 amide bonds. The van der Waals surface area contributed by atoms with Crippen LogP contribution in [0.3, 0.4) is 0 Å². The average molecular weight is 468 g/mol. The molecule has 1 aromatic heterocycles. The van der Waals surface area contributed by atoms with Gasteiger partial charge in [0.1, 0.15) is 6.10 Å². The summed E-state index contributed by atoms with van der Waals surface area (Å²) in [6.45, 7) is 11.7. The number of aliphatic hydroxyl groups excluding tert-OH is 2. The number of nitrogens with zero attached hydrogens (tertiary/aromatic N) is 2. The Morgan fingerprint density at radius 1 is 1.12 bits per heavy atom. The van der Waals surface area contributed by atoms with E-state index < -0.39 is 18.5 Å². The van der Waals surface area contributed by atoms with Crippen LogP contribution in [-0.4, -0.2) is 93.5 Å². The lowest BCUT2D eigenvalue weighted by atomic mass is 9.85. The van der Waals surface area contributed by atoms with Crippen LogP contribution in [0.2, 0.25) is 0 Å². The van der Waals surface area contributed by atoms with Crippen LogP contribution in [-0.2, 0) is 18.9 Å². The van der Waals surface area contributed by atoms with Crippen molar-refractivity contribution in [2.45, 2.75) is 38.8 Å². The molecule has 0 radical (unpaired) electrons. The molecule has 1 saturated heterocycles. The first-order chi connectivity index (χ1) is 15.9. The summed E-state index contributed by atoms with van der Waals surface area (Å²) >= 11 is 0. The fourth-order valence-corrected chi connectivity index (χ4v) is 3.58. The van der Waals surface area contributed by atoms with Gasteiger partial charge in [0, 0.05) is 56.3 Å². The molecular weight excluding hydrogens is 426 g/mol. The molecule has 1 aliphatic rings. The number of pyridine rings is 1. The molecule has 1 aromatic rings. The van der Waals surface area contributed by atoms with Crippen molar-refractivity contribution in [2.24, 2.45) is 11.8 Å². The van der Waals surface area contributed by atoms with Gasteiger partial charge in [0.05, 0.1) is 45.7 Å². The van der Waals surface area contributed by atoms with Crippen molar-refractivity contribution in [3.8, 4) is 0 Å². The van der Waals surface area contributed by atoms with Gasteiger partial charge < -0.3 is 39.4 Å². The minimum atomic E-state index is -0.682. The van der Waals surface area contributed by atoms with Gasteiger partial charge in [0.2, 0.25) is 0 Å². The lowest BCUT2D eigenvalue weighted by molar-refractivity contribution is -0.270. The summed E-state index contributed by atoms with van der Waals surface area (Å²) in [6, 6.07) is 3.97. The topological polar surface area (TPSA) is 106 Å². The van der Waals surface area contributed by atoms with Crippen molar-refractivity contribution in [2.75, 3.05) is 64.7 Å². The van der Waals surface area contributed by atoms with E-state index in [1.54, 1.807) is 12.4 Å². The number of ether oxygens (including phenoxy) is 4. The maximum Gasteiger partial charge on any atom is 0.161 e. The third-order valence-electron chi connectivity index (χ3n) is 6.02. The Hall–Kier alpha value is -1.75. The van der Waals surface area contributed by atoms with E-state index in [9.17, 15) is 10.2 Å². The Kier molecular flexibility index (Phi) is 12.7. The highest BCUT2D eigenvalue weighted by molar-refractivity contribution is 5.43. The Bertz CT molecular complexity index is 663. The Morgan fingerprint density at radius 2 is 1.79 bits per heavy atom. The van der Waals surface area contributed by atoms with Crippen LogP contribution in [0.15, 0.2) is 36.8 Å². The second-order valence-electron chi connectivity index (χ2n) is 8.44. The quantitative estimate of drug-likeness (QED) is 0.311. The first-order valence-corrected chi connectivity index (χ1v) is 11.7. The van der Waals surface area contributed by atoms with E-state index in [0.717, 1.165) is 24.4 Å². The molecule has 1 fully saturated rings. The number of nitrogens with one attached hydrogen (secondary N) is 1. The number of aliphatic hydroxyl groups is 2. The molecule has 0 saturated carbocycles. The molecule has 2 rings (SSSR count). The highest BCUT2D eigenvalue weighted by atomic mass is 16.7. The average Bonchev–Trinajstić information content (AvgIpc) is 2.84. The molecule has 3 N–H and O–H groups in total. The summed E-state index contributed by atoms with van der Waals surface area (Å²) in [7, 11) is 2.05. The lowest BCUT2D eigenvalue weighted by Crippen LogP contribution is -2.51. The molecule has 0 aliphatic carbocycles. The monoisotopic (exact) mass is 467 g/mol. The summed E-state index contributed by atoms with van der Waals surface area (Å²) in [5.74, 6) is 0.0201. The van der Waals surface area contributed by atoms with E-state index in [1.165, 1.54) is 0 Å². The molecule has 0 spiro atoms. The SMILES string of the molecule is C=C(CCN(C)c1ccncc1)NCCOCCOCCO[C@H]1OC(CO)[C@@H](O)C(C)C1C. The Morgan fingerprint density at radius 3 is 2.48 bits per heavy atom. The van der Waals surface area contributed by atoms with E-state index in [0.29, 0.717) is 39.6 Å². The van der Waals surface area contributed by atoms with Crippen molar-refractivity contribution in [3.05, 3.63) is 36.8 Å². The zero-order valence-corrected chi connectivity index (χ0v) is 20.2. The van der Waals surface area contributed by atoms with Gasteiger partial charge in [0.15, 0.2) is 6.29 Å². The molecule has 0 aromatic carbocycles. The van der Waals surface area contributed by atoms with Gasteiger partial charge in [-0.2, -0.15) is 0 Å². The molecule has 188 valence electrons. The smallest absolute Gasteiger partial charge is 0.161 e. The third-order valence-corrected chi connectivity index (χ3v) is 6.02. The van der Waals surface area contributed by atoms with Crippen LogP contribution in [0.5, 0.6) is 0 Å². The fourth-order valence-electron chi connectivity index (χ4n) is 3.58. The van der Waals surface area contributed by atoms with Crippen molar-refractivity contribution < 1.29 is 29.2 Å². The first kappa shape index (κ1) is 27.5. The largest absolute Gasteiger partial charge is 0.394 e. The standard InChI is InChI=1S/C24H41N3O6/c1-18(7-11-27(4)21-5-8-25-9-6-21)26-10-12-30-13-14-31-15-16-32-24-20(3)19(2)23(29)22(17-28)33-24/h5-6,8-9,19-20,22-24,26,28-29H,1,7,10-17H2,2-4H3/t19?,20?,22?,23-,24-/m0/s1. The molecule has 0 bridgehead atoms. The molecule has 3 unspecified atom stereocenters. The Labute approximate surface area is 197 Å². The van der Waals surface area contributed by atoms with Gasteiger partial charge in [-0.15, -0.1) is 0 Å². The van der Waals surface area contributed by atoms with E-state index in [4.69, 9.17) is 18.9 Å². The number of aromatic nitrogens is 1. The van der Waals surface area contributed by atoms with E-state index in [2.05, 4.69) is 28.8 Å².